The van der Waals surface area contributed by atoms with Crippen LogP contribution in [0.3, 0.4) is 0 Å². The first kappa shape index (κ1) is 45.3. The van der Waals surface area contributed by atoms with E-state index in [1.807, 2.05) is 0 Å². The molecule has 0 bridgehead atoms. The van der Waals surface area contributed by atoms with Crippen molar-refractivity contribution in [2.75, 3.05) is 42.7 Å². The van der Waals surface area contributed by atoms with Gasteiger partial charge in [0.25, 0.3) is 0 Å². The second-order valence-corrected chi connectivity index (χ2v) is 13.1. The van der Waals surface area contributed by atoms with E-state index in [1.54, 1.807) is 13.8 Å². The van der Waals surface area contributed by atoms with Crippen LogP contribution in [0.1, 0.15) is 39.2 Å². The summed E-state index contributed by atoms with van der Waals surface area (Å²) in [7, 11) is 0. The Morgan fingerprint density at radius 2 is 1.57 bits per heavy atom. The summed E-state index contributed by atoms with van der Waals surface area (Å²) < 4.78 is 27.1. The van der Waals surface area contributed by atoms with E-state index in [1.165, 1.54) is 25.1 Å². The van der Waals surface area contributed by atoms with E-state index in [0.29, 0.717) is 19.6 Å². The third kappa shape index (κ3) is 15.6. The van der Waals surface area contributed by atoms with Gasteiger partial charge in [-0.2, -0.15) is 0 Å². The third-order valence-electron chi connectivity index (χ3n) is 7.49. The number of halogens is 1. The van der Waals surface area contributed by atoms with Crippen LogP contribution in [0.2, 0.25) is 0 Å². The lowest BCUT2D eigenvalue weighted by molar-refractivity contribution is -0.271. The van der Waals surface area contributed by atoms with Crippen LogP contribution in [0.5, 0.6) is 5.75 Å². The van der Waals surface area contributed by atoms with Crippen molar-refractivity contribution in [3.63, 3.8) is 0 Å². The molecule has 0 unspecified atom stereocenters. The molecule has 1 aromatic carbocycles. The second kappa shape index (κ2) is 23.0. The van der Waals surface area contributed by atoms with Gasteiger partial charge in [-0.25, -0.2) is 9.59 Å². The minimum atomic E-state index is -1.98. The number of alkyl halides is 1. The quantitative estimate of drug-likeness (QED) is 0.0364. The van der Waals surface area contributed by atoms with Gasteiger partial charge in [0.1, 0.15) is 42.8 Å². The van der Waals surface area contributed by atoms with Gasteiger partial charge in [0.2, 0.25) is 29.9 Å². The van der Waals surface area contributed by atoms with Crippen LogP contribution in [-0.4, -0.2) is 136 Å². The maximum Gasteiger partial charge on any atom is 0.404 e. The van der Waals surface area contributed by atoms with Gasteiger partial charge in [-0.15, -0.1) is 0 Å². The molecule has 20 nitrogen and oxygen atoms in total. The van der Waals surface area contributed by atoms with Crippen molar-refractivity contribution in [1.82, 2.24) is 16.0 Å². The molecule has 5 amide bonds. The maximum absolute atomic E-state index is 13.2. The molecule has 1 heterocycles. The summed E-state index contributed by atoms with van der Waals surface area (Å²) in [4.78, 5) is 73.0. The Labute approximate surface area is 318 Å². The number of carbonyl (C=O) groups is 6. The molecular formula is C32H48IN5O15. The molecule has 53 heavy (non-hydrogen) atoms. The molecule has 1 aliphatic rings. The average Bonchev–Trinajstić information content (AvgIpc) is 3.09. The molecule has 0 saturated carbocycles. The first-order valence-electron chi connectivity index (χ1n) is 16.6. The number of anilines is 1. The number of carboxylic acid groups (broad SMARTS) is 1. The number of hydrogen-bond donors (Lipinski definition) is 9. The van der Waals surface area contributed by atoms with Gasteiger partial charge in [0.15, 0.2) is 6.10 Å². The first-order valence-corrected chi connectivity index (χ1v) is 18.1. The van der Waals surface area contributed by atoms with Crippen molar-refractivity contribution in [2.45, 2.75) is 83.0 Å². The number of aliphatic hydroxyl groups is 3. The van der Waals surface area contributed by atoms with Crippen LogP contribution < -0.4 is 31.7 Å². The van der Waals surface area contributed by atoms with Gasteiger partial charge in [-0.3, -0.25) is 19.2 Å². The molecule has 1 saturated heterocycles. The van der Waals surface area contributed by atoms with Crippen LogP contribution in [-0.2, 0) is 49.5 Å². The Morgan fingerprint density at radius 1 is 0.887 bits per heavy atom. The SMILES string of the molecule is CC(C)[C@H](NC(=O)CCOCCOCCNC(=O)CCI)C(=O)N[C@@H](C)C(=O)Nc1ccc(COC(N)=O)cc1O[C@@H]1O[C@H](C(=O)O)[C@@H](O)[C@H](O)[C@H]1O. The predicted octanol–water partition coefficient (Wildman–Crippen LogP) is -1.50. The number of carbonyl (C=O) groups excluding carboxylic acids is 5. The lowest BCUT2D eigenvalue weighted by atomic mass is 9.99. The number of amides is 5. The van der Waals surface area contributed by atoms with E-state index >= 15 is 0 Å². The summed E-state index contributed by atoms with van der Waals surface area (Å²) >= 11 is 2.11. The van der Waals surface area contributed by atoms with Crippen LogP contribution in [0, 0.1) is 5.92 Å². The van der Waals surface area contributed by atoms with Crippen molar-refractivity contribution < 1.29 is 72.9 Å². The summed E-state index contributed by atoms with van der Waals surface area (Å²) in [5, 5.41) is 50.4. The largest absolute Gasteiger partial charge is 0.479 e. The van der Waals surface area contributed by atoms with E-state index in [-0.39, 0.29) is 61.7 Å². The van der Waals surface area contributed by atoms with Crippen molar-refractivity contribution in [3.05, 3.63) is 23.8 Å². The number of rotatable bonds is 22. The monoisotopic (exact) mass is 869 g/mol. The fraction of sp³-hybridized carbons (Fsp3) is 0.625. The van der Waals surface area contributed by atoms with E-state index in [2.05, 4.69) is 43.9 Å². The molecule has 0 aromatic heterocycles. The summed E-state index contributed by atoms with van der Waals surface area (Å²) in [6.45, 7) is 5.67. The molecule has 21 heteroatoms. The molecule has 0 radical (unpaired) electrons. The number of carboxylic acids is 1. The van der Waals surface area contributed by atoms with Crippen molar-refractivity contribution in [2.24, 2.45) is 11.7 Å². The van der Waals surface area contributed by atoms with E-state index in [4.69, 9.17) is 29.4 Å². The normalized spacial score (nSPS) is 20.8. The van der Waals surface area contributed by atoms with Gasteiger partial charge in [0.05, 0.1) is 32.1 Å². The third-order valence-corrected chi connectivity index (χ3v) is 8.03. The van der Waals surface area contributed by atoms with Crippen molar-refractivity contribution in [3.8, 4) is 5.75 Å². The topological polar surface area (TPSA) is 304 Å². The highest BCUT2D eigenvalue weighted by molar-refractivity contribution is 14.1. The Morgan fingerprint density at radius 3 is 2.19 bits per heavy atom. The van der Waals surface area contributed by atoms with E-state index < -0.39 is 72.6 Å². The van der Waals surface area contributed by atoms with Crippen molar-refractivity contribution >= 4 is 64.0 Å². The smallest absolute Gasteiger partial charge is 0.404 e. The highest BCUT2D eigenvalue weighted by Gasteiger charge is 2.48. The minimum absolute atomic E-state index is 0.0492. The van der Waals surface area contributed by atoms with Gasteiger partial charge < -0.3 is 71.1 Å². The fourth-order valence-electron chi connectivity index (χ4n) is 4.60. The molecule has 298 valence electrons. The van der Waals surface area contributed by atoms with Gasteiger partial charge >= 0.3 is 12.1 Å². The predicted molar refractivity (Wildman–Crippen MR) is 192 cm³/mol. The number of nitrogens with two attached hydrogens (primary N) is 1. The van der Waals surface area contributed by atoms with Crippen LogP contribution in [0.4, 0.5) is 10.5 Å². The molecule has 0 aliphatic carbocycles. The van der Waals surface area contributed by atoms with Crippen molar-refractivity contribution in [1.29, 1.82) is 0 Å². The number of aliphatic hydroxyl groups excluding tert-OH is 3. The molecule has 1 aromatic rings. The van der Waals surface area contributed by atoms with Gasteiger partial charge in [-0.1, -0.05) is 42.5 Å². The zero-order valence-electron chi connectivity index (χ0n) is 29.4. The Balaban J connectivity index is 1.98. The fourth-order valence-corrected chi connectivity index (χ4v) is 5.09. The van der Waals surface area contributed by atoms with Gasteiger partial charge in [-0.05, 0) is 30.5 Å². The van der Waals surface area contributed by atoms with Gasteiger partial charge in [0, 0.05) is 23.8 Å². The molecule has 0 spiro atoms. The minimum Gasteiger partial charge on any atom is -0.479 e. The summed E-state index contributed by atoms with van der Waals surface area (Å²) in [5.41, 5.74) is 5.23. The Hall–Kier alpha value is -3.87. The molecule has 7 atom stereocenters. The zero-order valence-corrected chi connectivity index (χ0v) is 31.6. The summed E-state index contributed by atoms with van der Waals surface area (Å²) in [5.74, 6) is -4.19. The lowest BCUT2D eigenvalue weighted by Gasteiger charge is -2.38. The molecule has 2 rings (SSSR count). The first-order chi connectivity index (χ1) is 25.0. The molecule has 10 N–H and O–H groups in total. The standard InChI is InChI=1S/C32H48IN5O15/c1-16(2)23(38-22(40)7-10-49-12-13-50-11-9-35-21(39)6-8-33)29(45)36-17(3)28(44)37-19-5-4-18(15-51-32(34)48)14-20(19)52-31-26(43)24(41)25(42)27(53-31)30(46)47/h4-5,14,16-17,23-27,31,41-43H,6-13,15H2,1-3H3,(H2,34,48)(H,35,39)(H,36,45)(H,37,44)(H,38,40)(H,46,47)/t17-,23-,24-,25-,26+,27-,31+/m0/s1. The van der Waals surface area contributed by atoms with Crippen LogP contribution in [0.15, 0.2) is 18.2 Å². The number of primary amides is 1. The summed E-state index contributed by atoms with van der Waals surface area (Å²) in [6, 6.07) is 1.79. The number of nitrogens with one attached hydrogen (secondary N) is 4. The number of aliphatic carboxylic acids is 1. The molecule has 1 fully saturated rings. The number of ether oxygens (including phenoxy) is 5. The highest BCUT2D eigenvalue weighted by atomic mass is 127. The second-order valence-electron chi connectivity index (χ2n) is 12.1. The highest BCUT2D eigenvalue weighted by Crippen LogP contribution is 2.31. The average molecular weight is 870 g/mol. The number of hydrogen-bond acceptors (Lipinski definition) is 14. The van der Waals surface area contributed by atoms with Crippen LogP contribution in [0.25, 0.3) is 0 Å². The van der Waals surface area contributed by atoms with E-state index in [9.17, 15) is 49.2 Å². The maximum atomic E-state index is 13.2. The summed E-state index contributed by atoms with van der Waals surface area (Å²) in [6.07, 6.45) is -10.4. The lowest BCUT2D eigenvalue weighted by Crippen LogP contribution is -2.61. The van der Waals surface area contributed by atoms with E-state index in [0.717, 1.165) is 4.43 Å². The zero-order chi connectivity index (χ0) is 39.7. The molecular weight excluding hydrogens is 821 g/mol. The Kier molecular flexibility index (Phi) is 19.7. The number of benzene rings is 1. The van der Waals surface area contributed by atoms with Crippen LogP contribution >= 0.6 is 22.6 Å². The molecule has 1 aliphatic heterocycles. The Bertz CT molecular complexity index is 1400.